The number of aliphatic hydroxyl groups excluding tert-OH is 2. The van der Waals surface area contributed by atoms with E-state index in [0.717, 1.165) is 46.9 Å². The summed E-state index contributed by atoms with van der Waals surface area (Å²) in [6, 6.07) is 16.7. The van der Waals surface area contributed by atoms with Gasteiger partial charge in [0.05, 0.1) is 107 Å². The molecule has 0 spiro atoms. The Kier molecular flexibility index (Phi) is 26.4. The van der Waals surface area contributed by atoms with Crippen molar-refractivity contribution in [1.82, 2.24) is 24.9 Å². The predicted molar refractivity (Wildman–Crippen MR) is 392 cm³/mol. The molecule has 0 aliphatic carbocycles. The SMILES string of the molecule is CCN(CC)c1cc(Nc2nc(Nc3cc(N(CC)CC)c(OC)cc3N=Nc3nc(N4CCOCC4)c(C=C(C(C)=O)C(=O)Nc4cccc(S(=O)(=O)O)c4)s3)nc(N(CCO)CCO)n2)c(N=Nc2nc(N3CCOCC3)c(C=C(C(C)=O)C(=O)Nc3cccc(S(=O)(=O)O)c3)s2)cc1OC. The van der Waals surface area contributed by atoms with Crippen LogP contribution < -0.4 is 55.2 Å². The number of azo groups is 2. The fraction of sp³-hybridized carbons (Fsp3) is 0.369. The number of benzene rings is 4. The Hall–Kier alpha value is -10.0. The van der Waals surface area contributed by atoms with Crippen molar-refractivity contribution in [3.8, 4) is 11.5 Å². The lowest BCUT2D eigenvalue weighted by molar-refractivity contribution is -0.120. The third-order valence-electron chi connectivity index (χ3n) is 15.9. The van der Waals surface area contributed by atoms with Crippen LogP contribution in [0.4, 0.5) is 85.2 Å². The van der Waals surface area contributed by atoms with Crippen LogP contribution in [0.1, 0.15) is 51.3 Å². The summed E-state index contributed by atoms with van der Waals surface area (Å²) in [4.78, 5) is 87.7. The highest BCUT2D eigenvalue weighted by molar-refractivity contribution is 7.86. The number of aromatic nitrogens is 5. The number of rotatable bonds is 33. The summed E-state index contributed by atoms with van der Waals surface area (Å²) >= 11 is 2.04. The van der Waals surface area contributed by atoms with Crippen molar-refractivity contribution in [2.75, 3.05) is 165 Å². The zero-order valence-corrected chi connectivity index (χ0v) is 60.7. The largest absolute Gasteiger partial charge is 0.494 e. The molecule has 3 aromatic heterocycles. The molecule has 2 aliphatic heterocycles. The molecule has 5 heterocycles. The Labute approximate surface area is 601 Å². The van der Waals surface area contributed by atoms with Crippen LogP contribution in [-0.2, 0) is 48.9 Å². The number of nitrogens with zero attached hydrogens (tertiary/aromatic N) is 14. The number of hydrogen-bond donors (Lipinski definition) is 8. The third kappa shape index (κ3) is 19.8. The van der Waals surface area contributed by atoms with Gasteiger partial charge in [0.25, 0.3) is 32.1 Å². The highest BCUT2D eigenvalue weighted by Crippen LogP contribution is 2.45. The highest BCUT2D eigenvalue weighted by Gasteiger charge is 2.28. The molecule has 9 rings (SSSR count). The number of anilines is 11. The average molecular weight is 1500 g/mol. The van der Waals surface area contributed by atoms with Gasteiger partial charge in [-0.3, -0.25) is 28.3 Å². The molecular weight excluding hydrogens is 1420 g/mol. The van der Waals surface area contributed by atoms with Crippen LogP contribution in [0.25, 0.3) is 12.2 Å². The van der Waals surface area contributed by atoms with Gasteiger partial charge in [-0.1, -0.05) is 34.8 Å². The Morgan fingerprint density at radius 2 is 0.951 bits per heavy atom. The van der Waals surface area contributed by atoms with E-state index in [-0.39, 0.29) is 88.3 Å². The molecule has 34 nitrogen and oxygen atoms in total. The fourth-order valence-corrected chi connectivity index (χ4v) is 13.5. The smallest absolute Gasteiger partial charge is 0.294 e. The van der Waals surface area contributed by atoms with Gasteiger partial charge in [-0.2, -0.15) is 41.8 Å². The van der Waals surface area contributed by atoms with Gasteiger partial charge >= 0.3 is 0 Å². The second-order valence-electron chi connectivity index (χ2n) is 22.5. The van der Waals surface area contributed by atoms with Crippen LogP contribution in [0, 0.1) is 0 Å². The van der Waals surface area contributed by atoms with E-state index in [9.17, 15) is 55.3 Å². The maximum absolute atomic E-state index is 13.8. The Morgan fingerprint density at radius 1 is 0.563 bits per heavy atom. The third-order valence-corrected chi connectivity index (χ3v) is 19.3. The highest BCUT2D eigenvalue weighted by atomic mass is 32.2. The first-order valence-corrected chi connectivity index (χ1v) is 36.8. The summed E-state index contributed by atoms with van der Waals surface area (Å²) in [6.07, 6.45) is 2.73. The van der Waals surface area contributed by atoms with Crippen LogP contribution >= 0.6 is 22.7 Å². The topological polar surface area (TPSA) is 433 Å². The van der Waals surface area contributed by atoms with Gasteiger partial charge < -0.3 is 74.9 Å². The first-order valence-electron chi connectivity index (χ1n) is 32.3. The summed E-state index contributed by atoms with van der Waals surface area (Å²) in [5.41, 5.74) is 1.63. The number of morpholine rings is 2. The van der Waals surface area contributed by atoms with Crippen LogP contribution in [0.3, 0.4) is 0 Å². The number of amides is 2. The summed E-state index contributed by atoms with van der Waals surface area (Å²) in [5, 5.41) is 51.4. The van der Waals surface area contributed by atoms with Gasteiger partial charge in [0.1, 0.15) is 34.5 Å². The minimum Gasteiger partial charge on any atom is -0.494 e. The van der Waals surface area contributed by atoms with E-state index >= 15 is 0 Å². The second-order valence-corrected chi connectivity index (χ2v) is 27.4. The first-order chi connectivity index (χ1) is 49.4. The van der Waals surface area contributed by atoms with Gasteiger partial charge in [0.15, 0.2) is 11.6 Å². The molecule has 2 saturated heterocycles. The van der Waals surface area contributed by atoms with Gasteiger partial charge in [-0.15, -0.1) is 20.5 Å². The molecular formula is C65H78N18O16S4. The molecule has 38 heteroatoms. The van der Waals surface area contributed by atoms with Crippen molar-refractivity contribution >= 4 is 164 Å². The van der Waals surface area contributed by atoms with Crippen molar-refractivity contribution < 1.29 is 74.3 Å². The normalized spacial score (nSPS) is 13.9. The van der Waals surface area contributed by atoms with E-state index < -0.39 is 53.4 Å². The number of Topliss-reactive ketones (excluding diaryl/α,β-unsaturated/α-hetero) is 2. The number of nitrogens with one attached hydrogen (secondary N) is 4. The standard InChI is InChI=1S/C65H78N18O16S4/c1-9-79(10-2)51-35-47(49(37-53(51)96-7)75-77-64-70-57(81-21-27-98-28-22-81)55(100-64)33-45(39(5)86)59(88)66-41-15-13-17-43(31-41)102(90,91)92)68-61-72-62(74-63(73-61)83(19-25-84)20-26-85)69-48-36-52(80(11-3)12-4)54(97-8)38-50(48)76-78-65-71-58(82-23-29-99-30-24-82)56(101-65)34-46(40(6)87)60(89)67-42-16-14-18-44(32-42)103(93,94)95/h13-18,31-38,84-85H,9-12,19-30H2,1-8H3,(H,66,88)(H,67,89)(H,90,91,92)(H,93,94,95)(H2,68,69,72,73,74). The van der Waals surface area contributed by atoms with E-state index in [4.69, 9.17) is 54.1 Å². The Morgan fingerprint density at radius 3 is 1.29 bits per heavy atom. The molecule has 2 amide bonds. The summed E-state index contributed by atoms with van der Waals surface area (Å²) in [6.45, 7) is 14.7. The molecule has 0 radical (unpaired) electrons. The molecule has 0 bridgehead atoms. The van der Waals surface area contributed by atoms with E-state index in [1.807, 2.05) is 47.3 Å². The fourth-order valence-electron chi connectivity index (χ4n) is 10.7. The van der Waals surface area contributed by atoms with E-state index in [1.165, 1.54) is 64.5 Å². The number of thiazole rings is 2. The van der Waals surface area contributed by atoms with Crippen LogP contribution in [0.15, 0.2) is 114 Å². The molecule has 103 heavy (non-hydrogen) atoms. The lowest BCUT2D eigenvalue weighted by Crippen LogP contribution is -2.36. The lowest BCUT2D eigenvalue weighted by atomic mass is 10.1. The molecule has 0 unspecified atom stereocenters. The van der Waals surface area contributed by atoms with Gasteiger partial charge in [0.2, 0.25) is 28.1 Å². The molecule has 0 atom stereocenters. The van der Waals surface area contributed by atoms with Gasteiger partial charge in [-0.25, -0.2) is 0 Å². The van der Waals surface area contributed by atoms with Gasteiger partial charge in [-0.05, 0) is 102 Å². The minimum atomic E-state index is -4.63. The van der Waals surface area contributed by atoms with Crippen LogP contribution in [0.2, 0.25) is 0 Å². The van der Waals surface area contributed by atoms with Crippen molar-refractivity contribution in [2.45, 2.75) is 51.3 Å². The molecule has 2 fully saturated rings. The Bertz CT molecular complexity index is 4330. The minimum absolute atomic E-state index is 0.00180. The number of ketones is 2. The van der Waals surface area contributed by atoms with Gasteiger partial charge in [0, 0.05) is 89.0 Å². The zero-order chi connectivity index (χ0) is 74.1. The van der Waals surface area contributed by atoms with Crippen LogP contribution in [0.5, 0.6) is 11.5 Å². The second kappa shape index (κ2) is 35.2. The lowest BCUT2D eigenvalue weighted by Gasteiger charge is -2.27. The quantitative estimate of drug-likeness (QED) is 0.00625. The van der Waals surface area contributed by atoms with E-state index in [2.05, 4.69) is 31.5 Å². The molecule has 548 valence electrons. The number of hydrogen-bond acceptors (Lipinski definition) is 32. The average Bonchev–Trinajstić information content (AvgIpc) is 1.72. The van der Waals surface area contributed by atoms with E-state index in [1.54, 1.807) is 29.2 Å². The molecule has 0 saturated carbocycles. The maximum Gasteiger partial charge on any atom is 0.294 e. The monoisotopic (exact) mass is 1490 g/mol. The number of ether oxygens (including phenoxy) is 4. The zero-order valence-electron chi connectivity index (χ0n) is 57.5. The Balaban J connectivity index is 1.13. The molecule has 8 N–H and O–H groups in total. The summed E-state index contributed by atoms with van der Waals surface area (Å²) < 4.78 is 90.3. The van der Waals surface area contributed by atoms with Crippen molar-refractivity contribution in [3.05, 3.63) is 93.7 Å². The number of carbonyl (C=O) groups excluding carboxylic acids is 4. The predicted octanol–water partition coefficient (Wildman–Crippen LogP) is 8.99. The van der Waals surface area contributed by atoms with Crippen molar-refractivity contribution in [1.29, 1.82) is 0 Å². The van der Waals surface area contributed by atoms with Crippen LogP contribution in [-0.4, -0.2) is 204 Å². The maximum atomic E-state index is 13.8. The number of aliphatic hydroxyl groups is 2. The van der Waals surface area contributed by atoms with Crippen molar-refractivity contribution in [2.24, 2.45) is 20.5 Å². The molecule has 7 aromatic rings. The summed E-state index contributed by atoms with van der Waals surface area (Å²) in [5.74, 6) is -1.55. The van der Waals surface area contributed by atoms with E-state index in [0.29, 0.717) is 134 Å². The number of methoxy groups -OCH3 is 2. The van der Waals surface area contributed by atoms with Crippen molar-refractivity contribution in [3.63, 3.8) is 0 Å². The summed E-state index contributed by atoms with van der Waals surface area (Å²) in [7, 11) is -6.23. The molecule has 4 aromatic carbocycles. The first kappa shape index (κ1) is 77.1. The molecule has 2 aliphatic rings. The number of carbonyl (C=O) groups is 4.